The summed E-state index contributed by atoms with van der Waals surface area (Å²) in [6.07, 6.45) is 3.63. The summed E-state index contributed by atoms with van der Waals surface area (Å²) in [5.74, 6) is 0.737. The molecule has 0 bridgehead atoms. The number of nitrogens with one attached hydrogen (secondary N) is 2. The van der Waals surface area contributed by atoms with Gasteiger partial charge in [0.2, 0.25) is 0 Å². The van der Waals surface area contributed by atoms with Gasteiger partial charge in [-0.3, -0.25) is 4.68 Å². The Hall–Kier alpha value is -2.90. The Morgan fingerprint density at radius 3 is 2.75 bits per heavy atom. The first-order valence-electron chi connectivity index (χ1n) is 9.01. The van der Waals surface area contributed by atoms with E-state index in [-0.39, 0.29) is 0 Å². The van der Waals surface area contributed by atoms with Crippen LogP contribution < -0.4 is 15.4 Å². The van der Waals surface area contributed by atoms with Gasteiger partial charge in [-0.05, 0) is 42.4 Å². The predicted molar refractivity (Wildman–Crippen MR) is 116 cm³/mol. The van der Waals surface area contributed by atoms with Gasteiger partial charge >= 0.3 is 0 Å². The fourth-order valence-corrected chi connectivity index (χ4v) is 2.90. The van der Waals surface area contributed by atoms with Crippen molar-refractivity contribution in [1.82, 2.24) is 9.78 Å². The van der Waals surface area contributed by atoms with Crippen LogP contribution in [0.15, 0.2) is 60.9 Å². The second-order valence-electron chi connectivity index (χ2n) is 6.31. The van der Waals surface area contributed by atoms with Crippen LogP contribution >= 0.6 is 12.2 Å². The van der Waals surface area contributed by atoms with E-state index >= 15 is 0 Å². The third kappa shape index (κ3) is 5.80. The lowest BCUT2D eigenvalue weighted by molar-refractivity contribution is 0.111. The predicted octanol–water partition coefficient (Wildman–Crippen LogP) is 4.23. The number of aromatic nitrogens is 2. The van der Waals surface area contributed by atoms with E-state index in [9.17, 15) is 0 Å². The fourth-order valence-electron chi connectivity index (χ4n) is 2.68. The van der Waals surface area contributed by atoms with E-state index in [1.54, 1.807) is 13.3 Å². The Bertz CT molecular complexity index is 912. The maximum absolute atomic E-state index is 5.70. The van der Waals surface area contributed by atoms with Gasteiger partial charge in [-0.2, -0.15) is 5.10 Å². The lowest BCUT2D eigenvalue weighted by Crippen LogP contribution is -2.19. The number of hydrogen-bond donors (Lipinski definition) is 2. The molecule has 28 heavy (non-hydrogen) atoms. The maximum Gasteiger partial charge on any atom is 0.175 e. The summed E-state index contributed by atoms with van der Waals surface area (Å²) in [7, 11) is 1.64. The smallest absolute Gasteiger partial charge is 0.175 e. The molecule has 0 spiro atoms. The number of hydrogen-bond acceptors (Lipinski definition) is 4. The number of nitrogens with zero attached hydrogens (tertiary/aromatic N) is 2. The van der Waals surface area contributed by atoms with Gasteiger partial charge in [-0.15, -0.1) is 0 Å². The highest BCUT2D eigenvalue weighted by atomic mass is 32.1. The van der Waals surface area contributed by atoms with Crippen molar-refractivity contribution in [3.05, 3.63) is 72.1 Å². The monoisotopic (exact) mass is 396 g/mol. The zero-order valence-electron chi connectivity index (χ0n) is 16.0. The van der Waals surface area contributed by atoms with Crippen LogP contribution in [0.1, 0.15) is 11.1 Å². The van der Waals surface area contributed by atoms with Crippen molar-refractivity contribution < 1.29 is 9.47 Å². The first-order valence-corrected chi connectivity index (χ1v) is 9.41. The summed E-state index contributed by atoms with van der Waals surface area (Å²) in [6, 6.07) is 16.0. The molecule has 0 unspecified atom stereocenters. The third-order valence-electron chi connectivity index (χ3n) is 4.07. The van der Waals surface area contributed by atoms with E-state index in [4.69, 9.17) is 21.7 Å². The molecule has 0 aliphatic heterocycles. The Morgan fingerprint density at radius 2 is 1.96 bits per heavy atom. The van der Waals surface area contributed by atoms with Crippen molar-refractivity contribution in [2.45, 2.75) is 20.1 Å². The maximum atomic E-state index is 5.70. The van der Waals surface area contributed by atoms with Crippen molar-refractivity contribution in [2.75, 3.05) is 24.4 Å². The van der Waals surface area contributed by atoms with Crippen LogP contribution in [0.5, 0.6) is 5.75 Å². The van der Waals surface area contributed by atoms with E-state index < -0.39 is 0 Å². The highest BCUT2D eigenvalue weighted by Crippen LogP contribution is 2.25. The molecule has 0 fully saturated rings. The molecule has 1 aromatic heterocycles. The molecule has 0 atom stereocenters. The molecule has 146 valence electrons. The molecular formula is C21H24N4O2S. The van der Waals surface area contributed by atoms with Crippen LogP contribution in [0, 0.1) is 6.92 Å². The fraction of sp³-hybridized carbons (Fsp3) is 0.238. The second-order valence-corrected chi connectivity index (χ2v) is 6.72. The molecule has 2 aromatic carbocycles. The number of methoxy groups -OCH3 is 1. The van der Waals surface area contributed by atoms with Crippen LogP contribution in [0.4, 0.5) is 11.4 Å². The van der Waals surface area contributed by atoms with Crippen molar-refractivity contribution in [2.24, 2.45) is 0 Å². The summed E-state index contributed by atoms with van der Waals surface area (Å²) in [4.78, 5) is 0. The van der Waals surface area contributed by atoms with E-state index in [1.165, 1.54) is 0 Å². The quantitative estimate of drug-likeness (QED) is 0.439. The van der Waals surface area contributed by atoms with Crippen molar-refractivity contribution in [3.63, 3.8) is 0 Å². The molecule has 7 heteroatoms. The minimum atomic E-state index is 0.476. The average molecular weight is 397 g/mol. The molecule has 0 saturated carbocycles. The second kappa shape index (κ2) is 9.87. The van der Waals surface area contributed by atoms with Crippen molar-refractivity contribution in [3.8, 4) is 5.75 Å². The molecule has 6 nitrogen and oxygen atoms in total. The minimum Gasteiger partial charge on any atom is -0.495 e. The topological polar surface area (TPSA) is 60.3 Å². The number of ether oxygens (including phenoxy) is 2. The zero-order valence-corrected chi connectivity index (χ0v) is 16.8. The SMILES string of the molecule is COc1ccc(C)cc1NC(=S)Nc1cnn(CCOCc2ccccc2)c1. The lowest BCUT2D eigenvalue weighted by Gasteiger charge is -2.13. The van der Waals surface area contributed by atoms with Gasteiger partial charge in [0, 0.05) is 6.20 Å². The van der Waals surface area contributed by atoms with Crippen LogP contribution in [0.25, 0.3) is 0 Å². The Morgan fingerprint density at radius 1 is 1.14 bits per heavy atom. The highest BCUT2D eigenvalue weighted by molar-refractivity contribution is 7.80. The van der Waals surface area contributed by atoms with Gasteiger partial charge in [0.15, 0.2) is 5.11 Å². The van der Waals surface area contributed by atoms with Crippen molar-refractivity contribution in [1.29, 1.82) is 0 Å². The number of aryl methyl sites for hydroxylation is 1. The molecule has 0 radical (unpaired) electrons. The minimum absolute atomic E-state index is 0.476. The van der Waals surface area contributed by atoms with Gasteiger partial charge in [-0.1, -0.05) is 36.4 Å². The molecule has 0 aliphatic rings. The standard InChI is InChI=1S/C21H24N4O2S/c1-16-8-9-20(26-2)19(12-16)24-21(28)23-18-13-22-25(14-18)10-11-27-15-17-6-4-3-5-7-17/h3-9,12-14H,10-11,15H2,1-2H3,(H2,23,24,28). The summed E-state index contributed by atoms with van der Waals surface area (Å²) < 4.78 is 12.9. The average Bonchev–Trinajstić information content (AvgIpc) is 3.13. The summed E-state index contributed by atoms with van der Waals surface area (Å²) in [5.41, 5.74) is 3.91. The Labute approximate surface area is 170 Å². The molecule has 0 aliphatic carbocycles. The normalized spacial score (nSPS) is 10.5. The number of anilines is 2. The largest absolute Gasteiger partial charge is 0.495 e. The summed E-state index contributed by atoms with van der Waals surface area (Å²) in [5, 5.41) is 11.1. The molecular weight excluding hydrogens is 372 g/mol. The van der Waals surface area contributed by atoms with Crippen LogP contribution in [0.2, 0.25) is 0 Å². The van der Waals surface area contributed by atoms with E-state index in [0.717, 1.165) is 28.3 Å². The Kier molecular flexibility index (Phi) is 7.00. The van der Waals surface area contributed by atoms with Crippen LogP contribution in [-0.2, 0) is 17.9 Å². The molecule has 1 heterocycles. The molecule has 0 amide bonds. The van der Waals surface area contributed by atoms with E-state index in [0.29, 0.717) is 24.9 Å². The highest BCUT2D eigenvalue weighted by Gasteiger charge is 2.07. The Balaban J connectivity index is 1.46. The molecule has 0 saturated heterocycles. The van der Waals surface area contributed by atoms with Crippen molar-refractivity contribution >= 4 is 28.7 Å². The summed E-state index contributed by atoms with van der Waals surface area (Å²) in [6.45, 7) is 3.87. The van der Waals surface area contributed by atoms with Crippen LogP contribution in [0.3, 0.4) is 0 Å². The molecule has 2 N–H and O–H groups in total. The lowest BCUT2D eigenvalue weighted by atomic mass is 10.2. The summed E-state index contributed by atoms with van der Waals surface area (Å²) >= 11 is 5.40. The van der Waals surface area contributed by atoms with E-state index in [2.05, 4.69) is 15.7 Å². The zero-order chi connectivity index (χ0) is 19.8. The van der Waals surface area contributed by atoms with Gasteiger partial charge < -0.3 is 20.1 Å². The van der Waals surface area contributed by atoms with Gasteiger partial charge in [0.05, 0.1) is 44.4 Å². The number of thiocarbonyl (C=S) groups is 1. The van der Waals surface area contributed by atoms with Gasteiger partial charge in [0.1, 0.15) is 5.75 Å². The molecule has 3 aromatic rings. The number of benzene rings is 2. The first-order chi connectivity index (χ1) is 13.6. The third-order valence-corrected chi connectivity index (χ3v) is 4.27. The molecule has 3 rings (SSSR count). The van der Waals surface area contributed by atoms with E-state index in [1.807, 2.05) is 66.3 Å². The number of rotatable bonds is 8. The van der Waals surface area contributed by atoms with Crippen LogP contribution in [-0.4, -0.2) is 28.6 Å². The first kappa shape index (κ1) is 19.9. The van der Waals surface area contributed by atoms with Gasteiger partial charge in [0.25, 0.3) is 0 Å². The van der Waals surface area contributed by atoms with Gasteiger partial charge in [-0.25, -0.2) is 0 Å².